The number of benzene rings is 1. The molecule has 0 atom stereocenters. The second-order valence-corrected chi connectivity index (χ2v) is 3.26. The number of H-pyrrole nitrogens is 2. The van der Waals surface area contributed by atoms with Gasteiger partial charge in [0.15, 0.2) is 11.1 Å². The summed E-state index contributed by atoms with van der Waals surface area (Å²) in [6.45, 7) is 0. The van der Waals surface area contributed by atoms with Gasteiger partial charge in [-0.1, -0.05) is 30.3 Å². The van der Waals surface area contributed by atoms with Crippen LogP contribution in [0.25, 0.3) is 11.3 Å². The van der Waals surface area contributed by atoms with Crippen molar-refractivity contribution in [2.45, 2.75) is 0 Å². The van der Waals surface area contributed by atoms with Gasteiger partial charge in [-0.25, -0.2) is 0 Å². The molecule has 1 aromatic heterocycles. The standard InChI is InChI=1S/C10H8N2OS/c13-6-8-9(12-10(14)11-8)7-4-2-1-3-5-7/h1-6H,(H2,11,12,14). The average molecular weight is 204 g/mol. The van der Waals surface area contributed by atoms with Crippen molar-refractivity contribution < 1.29 is 4.79 Å². The van der Waals surface area contributed by atoms with Gasteiger partial charge in [0.2, 0.25) is 0 Å². The maximum Gasteiger partial charge on any atom is 0.175 e. The molecule has 1 heterocycles. The highest BCUT2D eigenvalue weighted by Gasteiger charge is 2.05. The number of hydrogen-bond acceptors (Lipinski definition) is 2. The summed E-state index contributed by atoms with van der Waals surface area (Å²) in [5.41, 5.74) is 2.17. The van der Waals surface area contributed by atoms with E-state index < -0.39 is 0 Å². The van der Waals surface area contributed by atoms with Gasteiger partial charge in [0, 0.05) is 5.56 Å². The van der Waals surface area contributed by atoms with E-state index in [0.717, 1.165) is 17.5 Å². The smallest absolute Gasteiger partial charge is 0.175 e. The molecule has 70 valence electrons. The van der Waals surface area contributed by atoms with E-state index in [9.17, 15) is 4.79 Å². The van der Waals surface area contributed by atoms with Crippen molar-refractivity contribution in [1.29, 1.82) is 0 Å². The summed E-state index contributed by atoms with van der Waals surface area (Å²) in [5, 5.41) is 0. The summed E-state index contributed by atoms with van der Waals surface area (Å²) in [7, 11) is 0. The third-order valence-electron chi connectivity index (χ3n) is 1.94. The first-order valence-electron chi connectivity index (χ1n) is 4.14. The van der Waals surface area contributed by atoms with Crippen molar-refractivity contribution in [3.63, 3.8) is 0 Å². The molecule has 0 aliphatic rings. The molecule has 0 saturated carbocycles. The normalized spacial score (nSPS) is 10.0. The van der Waals surface area contributed by atoms with Gasteiger partial charge >= 0.3 is 0 Å². The van der Waals surface area contributed by atoms with Crippen molar-refractivity contribution >= 4 is 18.5 Å². The molecule has 4 heteroatoms. The second-order valence-electron chi connectivity index (χ2n) is 2.85. The van der Waals surface area contributed by atoms with Crippen molar-refractivity contribution in [2.75, 3.05) is 0 Å². The van der Waals surface area contributed by atoms with Crippen LogP contribution in [0.3, 0.4) is 0 Å². The number of aldehydes is 1. The van der Waals surface area contributed by atoms with Gasteiger partial charge in [-0.15, -0.1) is 0 Å². The van der Waals surface area contributed by atoms with E-state index in [-0.39, 0.29) is 0 Å². The van der Waals surface area contributed by atoms with Crippen molar-refractivity contribution in [2.24, 2.45) is 0 Å². The number of hydrogen-bond donors (Lipinski definition) is 2. The molecule has 2 aromatic rings. The average Bonchev–Trinajstić information content (AvgIpc) is 2.61. The van der Waals surface area contributed by atoms with E-state index in [2.05, 4.69) is 9.97 Å². The number of imidazole rings is 1. The molecule has 2 N–H and O–H groups in total. The van der Waals surface area contributed by atoms with Gasteiger partial charge in [-0.3, -0.25) is 4.79 Å². The number of rotatable bonds is 2. The highest BCUT2D eigenvalue weighted by Crippen LogP contribution is 2.18. The Morgan fingerprint density at radius 1 is 1.14 bits per heavy atom. The minimum absolute atomic E-state index is 0.464. The van der Waals surface area contributed by atoms with E-state index in [1.807, 2.05) is 30.3 Å². The predicted molar refractivity (Wildman–Crippen MR) is 56.8 cm³/mol. The molecule has 0 radical (unpaired) electrons. The first kappa shape index (κ1) is 8.90. The molecule has 2 rings (SSSR count). The van der Waals surface area contributed by atoms with E-state index in [0.29, 0.717) is 10.5 Å². The van der Waals surface area contributed by atoms with Gasteiger partial charge in [0.1, 0.15) is 5.69 Å². The third kappa shape index (κ3) is 1.52. The lowest BCUT2D eigenvalue weighted by molar-refractivity contribution is 0.112. The maximum atomic E-state index is 10.7. The SMILES string of the molecule is O=Cc1[nH]c(=S)[nH]c1-c1ccccc1. The minimum atomic E-state index is 0.464. The molecule has 3 nitrogen and oxygen atoms in total. The van der Waals surface area contributed by atoms with Crippen LogP contribution in [0, 0.1) is 4.77 Å². The highest BCUT2D eigenvalue weighted by atomic mass is 32.1. The van der Waals surface area contributed by atoms with E-state index >= 15 is 0 Å². The lowest BCUT2D eigenvalue weighted by Crippen LogP contribution is -1.84. The monoisotopic (exact) mass is 204 g/mol. The number of aromatic amines is 2. The van der Waals surface area contributed by atoms with Crippen LogP contribution in [0.4, 0.5) is 0 Å². The fourth-order valence-corrected chi connectivity index (χ4v) is 1.53. The fraction of sp³-hybridized carbons (Fsp3) is 0. The van der Waals surface area contributed by atoms with Crippen LogP contribution >= 0.6 is 12.2 Å². The highest BCUT2D eigenvalue weighted by molar-refractivity contribution is 7.71. The quantitative estimate of drug-likeness (QED) is 0.583. The molecule has 0 bridgehead atoms. The largest absolute Gasteiger partial charge is 0.330 e. The van der Waals surface area contributed by atoms with Crippen LogP contribution in [0.5, 0.6) is 0 Å². The molecule has 0 unspecified atom stereocenters. The topological polar surface area (TPSA) is 48.6 Å². The summed E-state index contributed by atoms with van der Waals surface area (Å²) < 4.78 is 0.464. The van der Waals surface area contributed by atoms with Gasteiger partial charge in [-0.2, -0.15) is 0 Å². The van der Waals surface area contributed by atoms with Crippen LogP contribution in [0.1, 0.15) is 10.5 Å². The molecule has 0 spiro atoms. The van der Waals surface area contributed by atoms with Crippen molar-refractivity contribution in [1.82, 2.24) is 9.97 Å². The lowest BCUT2D eigenvalue weighted by atomic mass is 10.1. The van der Waals surface area contributed by atoms with Crippen LogP contribution in [0.2, 0.25) is 0 Å². The Morgan fingerprint density at radius 3 is 2.50 bits per heavy atom. The Bertz CT molecular complexity index is 498. The molecular weight excluding hydrogens is 196 g/mol. The Kier molecular flexibility index (Phi) is 2.28. The number of aromatic nitrogens is 2. The summed E-state index contributed by atoms with van der Waals surface area (Å²) in [5.74, 6) is 0. The van der Waals surface area contributed by atoms with Gasteiger partial charge in [0.25, 0.3) is 0 Å². The molecule has 14 heavy (non-hydrogen) atoms. The van der Waals surface area contributed by atoms with Gasteiger partial charge < -0.3 is 9.97 Å². The molecule has 0 amide bonds. The van der Waals surface area contributed by atoms with E-state index in [1.165, 1.54) is 0 Å². The van der Waals surface area contributed by atoms with Crippen LogP contribution in [0.15, 0.2) is 30.3 Å². The molecule has 1 aromatic carbocycles. The Balaban J connectivity index is 2.62. The zero-order chi connectivity index (χ0) is 9.97. The fourth-order valence-electron chi connectivity index (χ4n) is 1.32. The summed E-state index contributed by atoms with van der Waals surface area (Å²) in [4.78, 5) is 16.4. The Hall–Kier alpha value is -1.68. The van der Waals surface area contributed by atoms with Crippen LogP contribution < -0.4 is 0 Å². The zero-order valence-electron chi connectivity index (χ0n) is 7.28. The number of nitrogens with one attached hydrogen (secondary N) is 2. The second kappa shape index (κ2) is 3.59. The Labute approximate surface area is 85.8 Å². The zero-order valence-corrected chi connectivity index (χ0v) is 8.10. The van der Waals surface area contributed by atoms with E-state index in [4.69, 9.17) is 12.2 Å². The van der Waals surface area contributed by atoms with Crippen molar-refractivity contribution in [3.05, 3.63) is 40.8 Å². The van der Waals surface area contributed by atoms with E-state index in [1.54, 1.807) is 0 Å². The van der Waals surface area contributed by atoms with Crippen molar-refractivity contribution in [3.8, 4) is 11.3 Å². The number of carbonyl (C=O) groups is 1. The summed E-state index contributed by atoms with van der Waals surface area (Å²) in [6, 6.07) is 9.58. The summed E-state index contributed by atoms with van der Waals surface area (Å²) >= 11 is 4.92. The van der Waals surface area contributed by atoms with Crippen LogP contribution in [-0.2, 0) is 0 Å². The first-order chi connectivity index (χ1) is 6.81. The molecule has 0 aliphatic carbocycles. The predicted octanol–water partition coefficient (Wildman–Crippen LogP) is 2.55. The molecule has 0 saturated heterocycles. The van der Waals surface area contributed by atoms with Gasteiger partial charge in [0.05, 0.1) is 5.69 Å². The first-order valence-corrected chi connectivity index (χ1v) is 4.55. The lowest BCUT2D eigenvalue weighted by Gasteiger charge is -1.96. The Morgan fingerprint density at radius 2 is 1.86 bits per heavy atom. The molecular formula is C10H8N2OS. The van der Waals surface area contributed by atoms with Crippen LogP contribution in [-0.4, -0.2) is 16.3 Å². The summed E-state index contributed by atoms with van der Waals surface area (Å²) in [6.07, 6.45) is 0.759. The minimum Gasteiger partial charge on any atom is -0.330 e. The molecule has 0 aliphatic heterocycles. The maximum absolute atomic E-state index is 10.7. The third-order valence-corrected chi connectivity index (χ3v) is 2.14. The van der Waals surface area contributed by atoms with Gasteiger partial charge in [-0.05, 0) is 12.2 Å². The molecule has 0 fully saturated rings. The number of carbonyl (C=O) groups excluding carboxylic acids is 1.